The predicted molar refractivity (Wildman–Crippen MR) is 101 cm³/mol. The van der Waals surface area contributed by atoms with Gasteiger partial charge < -0.3 is 4.40 Å². The predicted octanol–water partition coefficient (Wildman–Crippen LogP) is 2.12. The fraction of sp³-hybridized carbons (Fsp3) is 0.316. The maximum atomic E-state index is 13.0. The zero-order valence-corrected chi connectivity index (χ0v) is 15.6. The van der Waals surface area contributed by atoms with Crippen molar-refractivity contribution in [1.82, 2.24) is 18.6 Å². The Morgan fingerprint density at radius 3 is 2.48 bits per heavy atom. The lowest BCUT2D eigenvalue weighted by atomic mass is 10.2. The van der Waals surface area contributed by atoms with Gasteiger partial charge in [0.05, 0.1) is 17.6 Å². The van der Waals surface area contributed by atoms with Crippen LogP contribution in [0, 0.1) is 5.82 Å². The highest BCUT2D eigenvalue weighted by molar-refractivity contribution is 7.88. The van der Waals surface area contributed by atoms with Crippen molar-refractivity contribution in [2.45, 2.75) is 12.3 Å². The maximum Gasteiger partial charge on any atom is 0.218 e. The normalized spacial score (nSPS) is 16.8. The van der Waals surface area contributed by atoms with E-state index in [1.165, 1.54) is 28.6 Å². The number of fused-ring (bicyclic) bond motifs is 1. The Hall–Kier alpha value is -2.29. The summed E-state index contributed by atoms with van der Waals surface area (Å²) in [6, 6.07) is 11.5. The number of rotatable bonds is 5. The topological polar surface area (TPSA) is 57.9 Å². The van der Waals surface area contributed by atoms with Gasteiger partial charge in [0.1, 0.15) is 11.5 Å². The molecule has 4 rings (SSSR count). The van der Waals surface area contributed by atoms with E-state index in [9.17, 15) is 12.8 Å². The number of piperazine rings is 1. The lowest BCUT2D eigenvalue weighted by molar-refractivity contribution is 0.179. The van der Waals surface area contributed by atoms with E-state index < -0.39 is 10.0 Å². The first kappa shape index (κ1) is 18.1. The van der Waals surface area contributed by atoms with Crippen LogP contribution in [0.5, 0.6) is 0 Å². The van der Waals surface area contributed by atoms with Gasteiger partial charge in [-0.15, -0.1) is 0 Å². The highest BCUT2D eigenvalue weighted by Crippen LogP contribution is 2.16. The first-order valence-electron chi connectivity index (χ1n) is 8.87. The number of benzene rings is 1. The summed E-state index contributed by atoms with van der Waals surface area (Å²) in [5.74, 6) is -0.460. The van der Waals surface area contributed by atoms with E-state index in [-0.39, 0.29) is 11.6 Å². The summed E-state index contributed by atoms with van der Waals surface area (Å²) >= 11 is 0. The van der Waals surface area contributed by atoms with Gasteiger partial charge in [-0.2, -0.15) is 4.31 Å². The number of aromatic nitrogens is 2. The van der Waals surface area contributed by atoms with Crippen LogP contribution in [-0.2, 0) is 22.3 Å². The van der Waals surface area contributed by atoms with Gasteiger partial charge in [0.25, 0.3) is 0 Å². The molecule has 0 unspecified atom stereocenters. The average Bonchev–Trinajstić information content (AvgIpc) is 3.07. The first-order chi connectivity index (χ1) is 13.0. The summed E-state index contributed by atoms with van der Waals surface area (Å²) in [6.07, 6.45) is 3.86. The summed E-state index contributed by atoms with van der Waals surface area (Å²) in [6.45, 7) is 2.99. The van der Waals surface area contributed by atoms with Gasteiger partial charge in [-0.3, -0.25) is 4.90 Å². The third-order valence-corrected chi connectivity index (χ3v) is 6.72. The van der Waals surface area contributed by atoms with Gasteiger partial charge in [-0.25, -0.2) is 17.8 Å². The SMILES string of the molecule is O=S(=O)(Cc1ccc(F)cc1)N1CCN(Cc2cnc3ccccn23)CC1. The van der Waals surface area contributed by atoms with Crippen molar-refractivity contribution < 1.29 is 12.8 Å². The largest absolute Gasteiger partial charge is 0.303 e. The number of halogens is 1. The number of pyridine rings is 1. The minimum Gasteiger partial charge on any atom is -0.303 e. The lowest BCUT2D eigenvalue weighted by Gasteiger charge is -2.33. The molecule has 1 aliphatic rings. The van der Waals surface area contributed by atoms with Crippen molar-refractivity contribution in [3.8, 4) is 0 Å². The molecule has 0 amide bonds. The van der Waals surface area contributed by atoms with Crippen molar-refractivity contribution in [2.75, 3.05) is 26.2 Å². The molecule has 0 saturated carbocycles. The summed E-state index contributed by atoms with van der Waals surface area (Å²) < 4.78 is 41.9. The van der Waals surface area contributed by atoms with E-state index in [1.807, 2.05) is 30.6 Å². The Morgan fingerprint density at radius 2 is 1.74 bits per heavy atom. The van der Waals surface area contributed by atoms with E-state index in [0.29, 0.717) is 31.7 Å². The Balaban J connectivity index is 1.37. The van der Waals surface area contributed by atoms with Crippen molar-refractivity contribution in [1.29, 1.82) is 0 Å². The number of nitrogens with zero attached hydrogens (tertiary/aromatic N) is 4. The monoisotopic (exact) mass is 388 g/mol. The fourth-order valence-corrected chi connectivity index (χ4v) is 4.90. The molecule has 1 aromatic carbocycles. The first-order valence-corrected chi connectivity index (χ1v) is 10.5. The van der Waals surface area contributed by atoms with Crippen LogP contribution >= 0.6 is 0 Å². The molecule has 27 heavy (non-hydrogen) atoms. The smallest absolute Gasteiger partial charge is 0.218 e. The molecule has 1 saturated heterocycles. The second-order valence-electron chi connectivity index (χ2n) is 6.74. The Morgan fingerprint density at radius 1 is 1.00 bits per heavy atom. The Labute approximate surface area is 157 Å². The highest BCUT2D eigenvalue weighted by Gasteiger charge is 2.27. The highest BCUT2D eigenvalue weighted by atomic mass is 32.2. The molecule has 1 fully saturated rings. The molecule has 0 N–H and O–H groups in total. The van der Waals surface area contributed by atoms with E-state index in [0.717, 1.165) is 17.9 Å². The van der Waals surface area contributed by atoms with E-state index in [2.05, 4.69) is 14.3 Å². The lowest BCUT2D eigenvalue weighted by Crippen LogP contribution is -2.48. The molecule has 0 spiro atoms. The average molecular weight is 388 g/mol. The third kappa shape index (κ3) is 4.02. The fourth-order valence-electron chi connectivity index (χ4n) is 3.38. The molecule has 3 heterocycles. The molecule has 6 nitrogen and oxygen atoms in total. The second kappa shape index (κ2) is 7.38. The summed E-state index contributed by atoms with van der Waals surface area (Å²) in [4.78, 5) is 6.63. The van der Waals surface area contributed by atoms with Crippen molar-refractivity contribution in [3.63, 3.8) is 0 Å². The van der Waals surface area contributed by atoms with Crippen LogP contribution in [0.2, 0.25) is 0 Å². The van der Waals surface area contributed by atoms with Gasteiger partial charge in [0, 0.05) is 38.9 Å². The van der Waals surface area contributed by atoms with Crippen LogP contribution in [0.4, 0.5) is 4.39 Å². The molecule has 0 atom stereocenters. The molecule has 2 aromatic heterocycles. The third-order valence-electron chi connectivity index (χ3n) is 4.87. The molecule has 0 radical (unpaired) electrons. The standard InChI is InChI=1S/C19H21FN4O2S/c20-17-6-4-16(5-7-17)15-27(25,26)23-11-9-22(10-12-23)14-18-13-21-19-3-1-2-8-24(18)19/h1-8,13H,9-12,14-15H2. The summed E-state index contributed by atoms with van der Waals surface area (Å²) in [5, 5.41) is 0. The van der Waals surface area contributed by atoms with Crippen LogP contribution in [0.15, 0.2) is 54.9 Å². The van der Waals surface area contributed by atoms with Gasteiger partial charge in [-0.05, 0) is 29.8 Å². The Kier molecular flexibility index (Phi) is 4.94. The van der Waals surface area contributed by atoms with E-state index in [4.69, 9.17) is 0 Å². The van der Waals surface area contributed by atoms with Gasteiger partial charge in [-0.1, -0.05) is 18.2 Å². The quantitative estimate of drug-likeness (QED) is 0.672. The van der Waals surface area contributed by atoms with Crippen molar-refractivity contribution in [2.24, 2.45) is 0 Å². The molecule has 1 aliphatic heterocycles. The number of imidazole rings is 1. The number of hydrogen-bond donors (Lipinski definition) is 0. The van der Waals surface area contributed by atoms with Gasteiger partial charge in [0.15, 0.2) is 0 Å². The molecule has 8 heteroatoms. The second-order valence-corrected chi connectivity index (χ2v) is 8.71. The van der Waals surface area contributed by atoms with Gasteiger partial charge in [0.2, 0.25) is 10.0 Å². The zero-order valence-electron chi connectivity index (χ0n) is 14.8. The molecule has 142 valence electrons. The zero-order chi connectivity index (χ0) is 18.9. The number of sulfonamides is 1. The minimum atomic E-state index is -3.40. The molecule has 0 aliphatic carbocycles. The van der Waals surface area contributed by atoms with Gasteiger partial charge >= 0.3 is 0 Å². The maximum absolute atomic E-state index is 13.0. The Bertz CT molecular complexity index is 1030. The minimum absolute atomic E-state index is 0.0967. The number of hydrogen-bond acceptors (Lipinski definition) is 4. The summed E-state index contributed by atoms with van der Waals surface area (Å²) in [5.41, 5.74) is 2.60. The van der Waals surface area contributed by atoms with Crippen LogP contribution in [0.3, 0.4) is 0 Å². The van der Waals surface area contributed by atoms with Crippen LogP contribution < -0.4 is 0 Å². The molecule has 0 bridgehead atoms. The van der Waals surface area contributed by atoms with Crippen molar-refractivity contribution >= 4 is 15.7 Å². The van der Waals surface area contributed by atoms with Crippen LogP contribution in [0.1, 0.15) is 11.3 Å². The van der Waals surface area contributed by atoms with Crippen LogP contribution in [-0.4, -0.2) is 53.2 Å². The molecular formula is C19H21FN4O2S. The van der Waals surface area contributed by atoms with E-state index >= 15 is 0 Å². The summed E-state index contributed by atoms with van der Waals surface area (Å²) in [7, 11) is -3.40. The molecule has 3 aromatic rings. The van der Waals surface area contributed by atoms with Crippen molar-refractivity contribution in [3.05, 3.63) is 71.9 Å². The van der Waals surface area contributed by atoms with E-state index in [1.54, 1.807) is 0 Å². The molecular weight excluding hydrogens is 367 g/mol. The van der Waals surface area contributed by atoms with Crippen LogP contribution in [0.25, 0.3) is 5.65 Å².